The van der Waals surface area contributed by atoms with E-state index in [0.717, 1.165) is 69.4 Å². The zero-order valence-electron chi connectivity index (χ0n) is 28.5. The van der Waals surface area contributed by atoms with Crippen LogP contribution in [0.3, 0.4) is 0 Å². The van der Waals surface area contributed by atoms with Crippen molar-refractivity contribution in [2.45, 2.75) is 27.7 Å². The Kier molecular flexibility index (Phi) is 14.4. The van der Waals surface area contributed by atoms with Gasteiger partial charge in [0.15, 0.2) is 0 Å². The molecule has 6 rings (SSSR count). The van der Waals surface area contributed by atoms with Gasteiger partial charge in [0, 0.05) is 40.9 Å². The van der Waals surface area contributed by atoms with Crippen molar-refractivity contribution in [2.24, 2.45) is 9.98 Å². The van der Waals surface area contributed by atoms with Crippen LogP contribution in [0.4, 0.5) is 11.4 Å². The molecule has 6 aromatic carbocycles. The topological polar surface area (TPSA) is 145 Å². The van der Waals surface area contributed by atoms with Crippen LogP contribution in [0.15, 0.2) is 131 Å². The predicted molar refractivity (Wildman–Crippen MR) is 196 cm³/mol. The van der Waals surface area contributed by atoms with E-state index in [9.17, 15) is 10.2 Å². The molecule has 0 saturated carbocycles. The molecule has 0 unspecified atom stereocenters. The van der Waals surface area contributed by atoms with E-state index in [0.29, 0.717) is 11.1 Å². The van der Waals surface area contributed by atoms with Crippen molar-refractivity contribution in [1.82, 2.24) is 0 Å². The molecule has 0 aliphatic carbocycles. The number of rotatable bonds is 6. The van der Waals surface area contributed by atoms with Gasteiger partial charge >= 0.3 is 16.8 Å². The van der Waals surface area contributed by atoms with Crippen LogP contribution in [-0.2, 0) is 26.4 Å². The first-order chi connectivity index (χ1) is 23.9. The van der Waals surface area contributed by atoms with E-state index in [1.54, 1.807) is 12.4 Å². The molecule has 51 heavy (non-hydrogen) atoms. The van der Waals surface area contributed by atoms with Gasteiger partial charge in [0.05, 0.1) is 11.4 Å². The van der Waals surface area contributed by atoms with Crippen LogP contribution in [0, 0.1) is 13.8 Å². The number of carboxylic acids is 2. The first-order valence-electron chi connectivity index (χ1n) is 15.7. The molecule has 0 spiro atoms. The summed E-state index contributed by atoms with van der Waals surface area (Å²) < 4.78 is 0. The minimum Gasteiger partial charge on any atom is -0.550 e. The number of carbonyl (C=O) groups is 2. The Morgan fingerprint density at radius 3 is 1.25 bits per heavy atom. The van der Waals surface area contributed by atoms with E-state index in [1.807, 2.05) is 111 Å². The monoisotopic (exact) mass is 723 g/mol. The van der Waals surface area contributed by atoms with Gasteiger partial charge in [-0.25, -0.2) is 0 Å². The third kappa shape index (κ3) is 11.0. The second kappa shape index (κ2) is 18.7. The largest absolute Gasteiger partial charge is 2.00 e. The molecule has 8 nitrogen and oxygen atoms in total. The first kappa shape index (κ1) is 39.4. The smallest absolute Gasteiger partial charge is 0.550 e. The number of phenolic OH excluding ortho intramolecular Hbond substituents is 2. The average molecular weight is 724 g/mol. The van der Waals surface area contributed by atoms with Crippen molar-refractivity contribution in [1.29, 1.82) is 0 Å². The molecule has 0 atom stereocenters. The number of aliphatic carboxylic acids is 2. The van der Waals surface area contributed by atoms with Crippen molar-refractivity contribution in [3.05, 3.63) is 144 Å². The average Bonchev–Trinajstić information content (AvgIpc) is 3.09. The number of aryl methyl sites for hydroxylation is 2. The SMILES string of the molecule is CC(=O)[O-].CC(=O)[O-].Cc1cc(-c2ccccc2)cc(C=Nc2cccc3cccc(N=Cc4cc(-c5ccccc5)cc(C)c4O)c23)c1O.[Co+2]. The number of hydrogen-bond acceptors (Lipinski definition) is 8. The molecule has 1 radical (unpaired) electrons. The van der Waals surface area contributed by atoms with Crippen LogP contribution in [0.5, 0.6) is 11.5 Å². The third-order valence-electron chi connectivity index (χ3n) is 7.42. The summed E-state index contributed by atoms with van der Waals surface area (Å²) >= 11 is 0. The summed E-state index contributed by atoms with van der Waals surface area (Å²) in [5, 5.41) is 41.3. The van der Waals surface area contributed by atoms with Gasteiger partial charge in [-0.3, -0.25) is 9.98 Å². The van der Waals surface area contributed by atoms with Crippen molar-refractivity contribution in [3.63, 3.8) is 0 Å². The van der Waals surface area contributed by atoms with E-state index in [4.69, 9.17) is 29.8 Å². The molecule has 0 aliphatic rings. The fourth-order valence-corrected chi connectivity index (χ4v) is 5.20. The molecule has 2 N–H and O–H groups in total. The molecule has 0 aromatic heterocycles. The van der Waals surface area contributed by atoms with E-state index >= 15 is 0 Å². The third-order valence-corrected chi connectivity index (χ3v) is 7.42. The summed E-state index contributed by atoms with van der Waals surface area (Å²) in [5.41, 5.74) is 8.52. The number of hydrogen-bond donors (Lipinski definition) is 2. The number of phenols is 2. The van der Waals surface area contributed by atoms with Gasteiger partial charge < -0.3 is 30.0 Å². The van der Waals surface area contributed by atoms with Crippen LogP contribution in [0.1, 0.15) is 36.1 Å². The Bertz CT molecular complexity index is 2020. The van der Waals surface area contributed by atoms with Gasteiger partial charge in [0.1, 0.15) is 11.5 Å². The number of carbonyl (C=O) groups excluding carboxylic acids is 2. The molecule has 0 fully saturated rings. The number of aromatic hydroxyl groups is 2. The minimum absolute atomic E-state index is 0. The van der Waals surface area contributed by atoms with Gasteiger partial charge in [-0.2, -0.15) is 0 Å². The van der Waals surface area contributed by atoms with Crippen molar-refractivity contribution in [2.75, 3.05) is 0 Å². The van der Waals surface area contributed by atoms with Crippen LogP contribution in [0.2, 0.25) is 0 Å². The summed E-state index contributed by atoms with van der Waals surface area (Å²) in [4.78, 5) is 27.4. The Hall–Kier alpha value is -6.03. The Morgan fingerprint density at radius 2 is 0.902 bits per heavy atom. The van der Waals surface area contributed by atoms with Crippen molar-refractivity contribution in [3.8, 4) is 33.8 Å². The van der Waals surface area contributed by atoms with Gasteiger partial charge in [-0.1, -0.05) is 84.9 Å². The number of carboxylic acid groups (broad SMARTS) is 2. The van der Waals surface area contributed by atoms with E-state index in [2.05, 4.69) is 24.3 Å². The van der Waals surface area contributed by atoms with Crippen molar-refractivity contribution < 1.29 is 46.8 Å². The van der Waals surface area contributed by atoms with Crippen molar-refractivity contribution >= 4 is 46.5 Å². The van der Waals surface area contributed by atoms with E-state index in [1.165, 1.54) is 0 Å². The van der Waals surface area contributed by atoms with Crippen LogP contribution in [-0.4, -0.2) is 34.6 Å². The second-order valence-electron chi connectivity index (χ2n) is 11.3. The fraction of sp³-hybridized carbons (Fsp3) is 0.0952. The number of nitrogens with zero attached hydrogens (tertiary/aromatic N) is 2. The van der Waals surface area contributed by atoms with Gasteiger partial charge in [-0.15, -0.1) is 0 Å². The molecular formula is C42H36CoN2O6. The van der Waals surface area contributed by atoms with E-state index < -0.39 is 11.9 Å². The maximum Gasteiger partial charge on any atom is 2.00 e. The fourth-order valence-electron chi connectivity index (χ4n) is 5.20. The molecule has 0 amide bonds. The van der Waals surface area contributed by atoms with Gasteiger partial charge in [-0.05, 0) is 103 Å². The summed E-state index contributed by atoms with van der Waals surface area (Å²) in [6.07, 6.45) is 3.42. The molecule has 0 heterocycles. The summed E-state index contributed by atoms with van der Waals surface area (Å²) in [7, 11) is 0. The maximum atomic E-state index is 10.8. The quantitative estimate of drug-likeness (QED) is 0.174. The minimum atomic E-state index is -1.08. The van der Waals surface area contributed by atoms with Crippen LogP contribution >= 0.6 is 0 Å². The van der Waals surface area contributed by atoms with Crippen LogP contribution < -0.4 is 10.2 Å². The van der Waals surface area contributed by atoms with Gasteiger partial charge in [0.2, 0.25) is 0 Å². The zero-order valence-corrected chi connectivity index (χ0v) is 29.5. The van der Waals surface area contributed by atoms with Crippen LogP contribution in [0.25, 0.3) is 33.0 Å². The number of fused-ring (bicyclic) bond motifs is 1. The summed E-state index contributed by atoms with van der Waals surface area (Å²) in [5.74, 6) is -1.75. The van der Waals surface area contributed by atoms with E-state index in [-0.39, 0.29) is 28.3 Å². The Morgan fingerprint density at radius 1 is 0.549 bits per heavy atom. The Balaban J connectivity index is 0.000000709. The normalized spacial score (nSPS) is 10.5. The molecular weight excluding hydrogens is 687 g/mol. The number of aliphatic imine (C=N–C) groups is 2. The molecule has 0 bridgehead atoms. The molecule has 259 valence electrons. The first-order valence-corrected chi connectivity index (χ1v) is 15.7. The molecule has 6 aromatic rings. The zero-order chi connectivity index (χ0) is 36.2. The van der Waals surface area contributed by atoms with Gasteiger partial charge in [0.25, 0.3) is 0 Å². The summed E-state index contributed by atoms with van der Waals surface area (Å²) in [6, 6.07) is 39.9. The standard InChI is InChI=1S/C38H30N2O2.2C2H4O2.Co/c1-25-19-30(27-11-5-3-6-12-27)21-32(37(25)41)23-39-34-17-9-15-29-16-10-18-35(36(29)34)40-24-33-22-31(20-26(2)38(33)42)28-13-7-4-8-14-28;2*1-2(3)4;/h3-24,41-42H,1-2H3;2*1H3,(H,3,4);/q;;;+2/p-2. The number of benzene rings is 6. The molecule has 9 heteroatoms. The molecule has 0 aliphatic heterocycles. The Labute approximate surface area is 307 Å². The predicted octanol–water partition coefficient (Wildman–Crippen LogP) is 7.21. The second-order valence-corrected chi connectivity index (χ2v) is 11.3. The molecule has 0 saturated heterocycles. The maximum absolute atomic E-state index is 10.8. The summed E-state index contributed by atoms with van der Waals surface area (Å²) in [6.45, 7) is 5.74.